The van der Waals surface area contributed by atoms with Crippen molar-refractivity contribution in [2.24, 2.45) is 5.92 Å². The van der Waals surface area contributed by atoms with Crippen molar-refractivity contribution in [2.45, 2.75) is 26.7 Å². The van der Waals surface area contributed by atoms with E-state index in [9.17, 15) is 4.79 Å². The van der Waals surface area contributed by atoms with E-state index in [1.54, 1.807) is 0 Å². The lowest BCUT2D eigenvalue weighted by Crippen LogP contribution is -2.38. The molecule has 5 heteroatoms. The molecule has 0 unspecified atom stereocenters. The summed E-state index contributed by atoms with van der Waals surface area (Å²) in [6.45, 7) is 5.84. The first-order chi connectivity index (χ1) is 13.6. The van der Waals surface area contributed by atoms with Gasteiger partial charge in [0.2, 0.25) is 5.91 Å². The fourth-order valence-electron chi connectivity index (χ4n) is 3.66. The lowest BCUT2D eigenvalue weighted by Gasteiger charge is -2.32. The molecule has 5 nitrogen and oxygen atoms in total. The van der Waals surface area contributed by atoms with Gasteiger partial charge >= 0.3 is 0 Å². The number of nitrogens with zero attached hydrogens (tertiary/aromatic N) is 3. The van der Waals surface area contributed by atoms with Gasteiger partial charge in [-0.05, 0) is 74.2 Å². The molecule has 2 aromatic heterocycles. The minimum absolute atomic E-state index is 0.0528. The molecule has 0 radical (unpaired) electrons. The molecule has 0 saturated carbocycles. The van der Waals surface area contributed by atoms with E-state index in [2.05, 4.69) is 47.2 Å². The summed E-state index contributed by atoms with van der Waals surface area (Å²) in [6.07, 6.45) is 7.61. The summed E-state index contributed by atoms with van der Waals surface area (Å²) in [7, 11) is 0. The molecular weight excluding hydrogens is 348 g/mol. The number of nitrogens with one attached hydrogen (secondary N) is 1. The molecule has 1 saturated heterocycles. The van der Waals surface area contributed by atoms with E-state index in [-0.39, 0.29) is 11.8 Å². The average molecular weight is 374 g/mol. The first kappa shape index (κ1) is 18.3. The van der Waals surface area contributed by atoms with Crippen LogP contribution in [0.5, 0.6) is 0 Å². The first-order valence-corrected chi connectivity index (χ1v) is 9.82. The van der Waals surface area contributed by atoms with Crippen LogP contribution in [-0.2, 0) is 4.79 Å². The number of carbonyl (C=O) groups is 1. The second-order valence-electron chi connectivity index (χ2n) is 7.51. The highest BCUT2D eigenvalue weighted by atomic mass is 16.1. The van der Waals surface area contributed by atoms with Gasteiger partial charge < -0.3 is 14.8 Å². The molecule has 0 atom stereocenters. The van der Waals surface area contributed by atoms with Gasteiger partial charge in [0.1, 0.15) is 5.82 Å². The Kier molecular flexibility index (Phi) is 5.15. The van der Waals surface area contributed by atoms with E-state index in [1.807, 2.05) is 47.4 Å². The minimum atomic E-state index is 0.0528. The van der Waals surface area contributed by atoms with E-state index in [0.29, 0.717) is 0 Å². The van der Waals surface area contributed by atoms with Crippen LogP contribution in [0, 0.1) is 19.8 Å². The molecular formula is C23H26N4O. The quantitative estimate of drug-likeness (QED) is 0.739. The third-order valence-electron chi connectivity index (χ3n) is 5.60. The zero-order valence-corrected chi connectivity index (χ0v) is 16.4. The molecule has 1 aliphatic rings. The molecule has 4 rings (SSSR count). The number of anilines is 2. The highest BCUT2D eigenvalue weighted by Gasteiger charge is 2.25. The molecule has 3 aromatic rings. The SMILES string of the molecule is Cc1ccc(NC(=O)C2CCN(c3ccc(-n4cccc4)cn3)CC2)cc1C. The lowest BCUT2D eigenvalue weighted by molar-refractivity contribution is -0.120. The number of hydrogen-bond acceptors (Lipinski definition) is 3. The molecule has 28 heavy (non-hydrogen) atoms. The molecule has 1 amide bonds. The molecule has 1 aromatic carbocycles. The Balaban J connectivity index is 1.33. The van der Waals surface area contributed by atoms with Crippen molar-refractivity contribution >= 4 is 17.4 Å². The Morgan fingerprint density at radius 3 is 2.43 bits per heavy atom. The monoisotopic (exact) mass is 374 g/mol. The number of hydrogen-bond donors (Lipinski definition) is 1. The zero-order chi connectivity index (χ0) is 19.5. The fraction of sp³-hybridized carbons (Fsp3) is 0.304. The Hall–Kier alpha value is -3.08. The summed E-state index contributed by atoms with van der Waals surface area (Å²) in [6, 6.07) is 14.2. The summed E-state index contributed by atoms with van der Waals surface area (Å²) in [5, 5.41) is 3.08. The maximum Gasteiger partial charge on any atom is 0.227 e. The van der Waals surface area contributed by atoms with Gasteiger partial charge in [-0.3, -0.25) is 4.79 Å². The summed E-state index contributed by atoms with van der Waals surface area (Å²) in [5.74, 6) is 1.15. The zero-order valence-electron chi connectivity index (χ0n) is 16.4. The van der Waals surface area contributed by atoms with Crippen LogP contribution in [0.4, 0.5) is 11.5 Å². The number of piperidine rings is 1. The summed E-state index contributed by atoms with van der Waals surface area (Å²) in [5.41, 5.74) is 4.37. The van der Waals surface area contributed by atoms with Gasteiger partial charge in [0.15, 0.2) is 0 Å². The number of aromatic nitrogens is 2. The van der Waals surface area contributed by atoms with Gasteiger partial charge in [-0.15, -0.1) is 0 Å². The van der Waals surface area contributed by atoms with Crippen LogP contribution in [0.2, 0.25) is 0 Å². The minimum Gasteiger partial charge on any atom is -0.357 e. The highest BCUT2D eigenvalue weighted by Crippen LogP contribution is 2.24. The van der Waals surface area contributed by atoms with Crippen molar-refractivity contribution in [3.8, 4) is 5.69 Å². The van der Waals surface area contributed by atoms with Gasteiger partial charge in [-0.1, -0.05) is 6.07 Å². The predicted octanol–water partition coefficient (Wildman–Crippen LogP) is 4.34. The predicted molar refractivity (Wildman–Crippen MR) is 113 cm³/mol. The van der Waals surface area contributed by atoms with Gasteiger partial charge in [0, 0.05) is 37.1 Å². The van der Waals surface area contributed by atoms with E-state index >= 15 is 0 Å². The molecule has 1 N–H and O–H groups in total. The van der Waals surface area contributed by atoms with Crippen LogP contribution in [-0.4, -0.2) is 28.5 Å². The number of amides is 1. The van der Waals surface area contributed by atoms with E-state index in [1.165, 1.54) is 11.1 Å². The number of rotatable bonds is 4. The normalized spacial score (nSPS) is 14.9. The molecule has 0 aliphatic carbocycles. The van der Waals surface area contributed by atoms with Crippen molar-refractivity contribution in [2.75, 3.05) is 23.3 Å². The average Bonchev–Trinajstić information content (AvgIpc) is 3.26. The van der Waals surface area contributed by atoms with Crippen LogP contribution in [0.3, 0.4) is 0 Å². The second-order valence-corrected chi connectivity index (χ2v) is 7.51. The van der Waals surface area contributed by atoms with E-state index in [4.69, 9.17) is 0 Å². The third kappa shape index (κ3) is 3.93. The Morgan fingerprint density at radius 2 is 1.79 bits per heavy atom. The molecule has 0 bridgehead atoms. The maximum atomic E-state index is 12.6. The van der Waals surface area contributed by atoms with Crippen LogP contribution in [0.15, 0.2) is 61.1 Å². The Labute approximate surface area is 166 Å². The van der Waals surface area contributed by atoms with Crippen molar-refractivity contribution in [1.29, 1.82) is 0 Å². The maximum absolute atomic E-state index is 12.6. The summed E-state index contributed by atoms with van der Waals surface area (Å²) < 4.78 is 2.04. The lowest BCUT2D eigenvalue weighted by atomic mass is 9.95. The number of carbonyl (C=O) groups excluding carboxylic acids is 1. The van der Waals surface area contributed by atoms with Crippen LogP contribution in [0.25, 0.3) is 5.69 Å². The number of benzene rings is 1. The highest BCUT2D eigenvalue weighted by molar-refractivity contribution is 5.92. The smallest absolute Gasteiger partial charge is 0.227 e. The van der Waals surface area contributed by atoms with E-state index in [0.717, 1.165) is 43.1 Å². The molecule has 1 fully saturated rings. The first-order valence-electron chi connectivity index (χ1n) is 9.82. The van der Waals surface area contributed by atoms with Gasteiger partial charge in [0.25, 0.3) is 0 Å². The summed E-state index contributed by atoms with van der Waals surface area (Å²) >= 11 is 0. The van der Waals surface area contributed by atoms with Crippen LogP contribution < -0.4 is 10.2 Å². The third-order valence-corrected chi connectivity index (χ3v) is 5.60. The van der Waals surface area contributed by atoms with Gasteiger partial charge in [0.05, 0.1) is 11.9 Å². The largest absolute Gasteiger partial charge is 0.357 e. The number of aryl methyl sites for hydroxylation is 2. The summed E-state index contributed by atoms with van der Waals surface area (Å²) in [4.78, 5) is 19.5. The molecule has 3 heterocycles. The van der Waals surface area contributed by atoms with Crippen LogP contribution in [0.1, 0.15) is 24.0 Å². The number of pyridine rings is 1. The molecule has 0 spiro atoms. The van der Waals surface area contributed by atoms with Crippen molar-refractivity contribution in [3.05, 3.63) is 72.2 Å². The van der Waals surface area contributed by atoms with Crippen molar-refractivity contribution in [1.82, 2.24) is 9.55 Å². The van der Waals surface area contributed by atoms with Crippen molar-refractivity contribution < 1.29 is 4.79 Å². The molecule has 1 aliphatic heterocycles. The Bertz CT molecular complexity index is 939. The molecule has 144 valence electrons. The van der Waals surface area contributed by atoms with Crippen molar-refractivity contribution in [3.63, 3.8) is 0 Å². The standard InChI is InChI=1S/C23H26N4O/c1-17-5-6-20(15-18(17)2)25-23(28)19-9-13-27(14-10-19)22-8-7-21(16-24-22)26-11-3-4-12-26/h3-8,11-12,15-16,19H,9-10,13-14H2,1-2H3,(H,25,28). The topological polar surface area (TPSA) is 50.2 Å². The second kappa shape index (κ2) is 7.89. The van der Waals surface area contributed by atoms with Gasteiger partial charge in [-0.2, -0.15) is 0 Å². The fourth-order valence-corrected chi connectivity index (χ4v) is 3.66. The Morgan fingerprint density at radius 1 is 1.04 bits per heavy atom. The van der Waals surface area contributed by atoms with Gasteiger partial charge in [-0.25, -0.2) is 4.98 Å². The van der Waals surface area contributed by atoms with Crippen LogP contribution >= 0.6 is 0 Å². The van der Waals surface area contributed by atoms with E-state index < -0.39 is 0 Å².